The highest BCUT2D eigenvalue weighted by atomic mass is 16.2. The van der Waals surface area contributed by atoms with Crippen molar-refractivity contribution in [2.45, 2.75) is 19.5 Å². The Bertz CT molecular complexity index is 488. The molecule has 4 amide bonds. The van der Waals surface area contributed by atoms with Gasteiger partial charge in [-0.05, 0) is 12.5 Å². The lowest BCUT2D eigenvalue weighted by atomic mass is 10.2. The molecule has 0 aromatic heterocycles. The topological polar surface area (TPSA) is 55.9 Å². The van der Waals surface area contributed by atoms with E-state index >= 15 is 0 Å². The van der Waals surface area contributed by atoms with Gasteiger partial charge in [-0.25, -0.2) is 9.59 Å². The van der Waals surface area contributed by atoms with Gasteiger partial charge in [-0.1, -0.05) is 30.3 Å². The van der Waals surface area contributed by atoms with Crippen molar-refractivity contribution in [1.29, 1.82) is 0 Å². The molecule has 22 heavy (non-hydrogen) atoms. The maximum absolute atomic E-state index is 12.4. The summed E-state index contributed by atoms with van der Waals surface area (Å²) >= 11 is 0. The van der Waals surface area contributed by atoms with Crippen molar-refractivity contribution in [3.8, 4) is 0 Å². The van der Waals surface area contributed by atoms with Gasteiger partial charge in [0.2, 0.25) is 0 Å². The van der Waals surface area contributed by atoms with Crippen LogP contribution in [0, 0.1) is 0 Å². The second-order valence-electron chi connectivity index (χ2n) is 5.72. The summed E-state index contributed by atoms with van der Waals surface area (Å²) in [4.78, 5) is 28.8. The average Bonchev–Trinajstić information content (AvgIpc) is 2.49. The van der Waals surface area contributed by atoms with Gasteiger partial charge in [0.15, 0.2) is 0 Å². The van der Waals surface area contributed by atoms with Crippen LogP contribution in [-0.2, 0) is 6.54 Å². The zero-order chi connectivity index (χ0) is 16.7. The van der Waals surface area contributed by atoms with E-state index in [0.717, 1.165) is 5.56 Å². The normalized spacial score (nSPS) is 11.5. The number of amides is 4. The van der Waals surface area contributed by atoms with E-state index < -0.39 is 0 Å². The molecule has 1 aromatic rings. The lowest BCUT2D eigenvalue weighted by Gasteiger charge is -2.32. The molecule has 0 saturated heterocycles. The largest absolute Gasteiger partial charge is 0.336 e. The first-order chi connectivity index (χ1) is 10.3. The minimum atomic E-state index is -0.163. The molecule has 0 spiro atoms. The second-order valence-corrected chi connectivity index (χ2v) is 5.72. The van der Waals surface area contributed by atoms with Crippen LogP contribution < -0.4 is 5.32 Å². The molecular weight excluding hydrogens is 280 g/mol. The van der Waals surface area contributed by atoms with Crippen molar-refractivity contribution in [2.75, 3.05) is 34.7 Å². The van der Waals surface area contributed by atoms with E-state index in [2.05, 4.69) is 5.32 Å². The monoisotopic (exact) mass is 306 g/mol. The fourth-order valence-corrected chi connectivity index (χ4v) is 1.95. The zero-order valence-electron chi connectivity index (χ0n) is 14.0. The van der Waals surface area contributed by atoms with Gasteiger partial charge >= 0.3 is 12.1 Å². The number of benzene rings is 1. The van der Waals surface area contributed by atoms with Gasteiger partial charge in [0.1, 0.15) is 0 Å². The first-order valence-electron chi connectivity index (χ1n) is 7.30. The predicted octanol–water partition coefficient (Wildman–Crippen LogP) is 1.83. The molecule has 6 nitrogen and oxygen atoms in total. The summed E-state index contributed by atoms with van der Waals surface area (Å²) in [6.45, 7) is 2.85. The second kappa shape index (κ2) is 8.26. The van der Waals surface area contributed by atoms with Crippen molar-refractivity contribution < 1.29 is 9.59 Å². The Morgan fingerprint density at radius 1 is 1.05 bits per heavy atom. The van der Waals surface area contributed by atoms with Gasteiger partial charge in [-0.15, -0.1) is 0 Å². The Labute approximate surface area is 132 Å². The van der Waals surface area contributed by atoms with Crippen molar-refractivity contribution in [3.63, 3.8) is 0 Å². The highest BCUT2D eigenvalue weighted by molar-refractivity contribution is 5.75. The minimum Gasteiger partial charge on any atom is -0.336 e. The summed E-state index contributed by atoms with van der Waals surface area (Å²) in [5.74, 6) is 0. The highest BCUT2D eigenvalue weighted by Crippen LogP contribution is 2.10. The third-order valence-electron chi connectivity index (χ3n) is 3.31. The molecule has 0 aliphatic rings. The summed E-state index contributed by atoms with van der Waals surface area (Å²) < 4.78 is 0. The summed E-state index contributed by atoms with van der Waals surface area (Å²) in [5.41, 5.74) is 1.06. The molecule has 0 aliphatic carbocycles. The maximum atomic E-state index is 12.4. The molecule has 0 aliphatic heterocycles. The molecule has 0 radical (unpaired) electrons. The Balaban J connectivity index is 2.77. The van der Waals surface area contributed by atoms with Gasteiger partial charge in [-0.3, -0.25) is 0 Å². The Morgan fingerprint density at radius 2 is 1.64 bits per heavy atom. The third-order valence-corrected chi connectivity index (χ3v) is 3.31. The van der Waals surface area contributed by atoms with Crippen LogP contribution in [-0.4, -0.2) is 67.5 Å². The Kier molecular flexibility index (Phi) is 6.69. The molecule has 1 N–H and O–H groups in total. The van der Waals surface area contributed by atoms with Gasteiger partial charge < -0.3 is 20.0 Å². The molecular formula is C16H26N4O2. The van der Waals surface area contributed by atoms with Crippen LogP contribution >= 0.6 is 0 Å². The number of hydrogen-bond donors (Lipinski definition) is 1. The Hall–Kier alpha value is -2.24. The highest BCUT2D eigenvalue weighted by Gasteiger charge is 2.22. The first-order valence-corrected chi connectivity index (χ1v) is 7.30. The van der Waals surface area contributed by atoms with Crippen molar-refractivity contribution >= 4 is 12.1 Å². The van der Waals surface area contributed by atoms with Crippen LogP contribution in [0.5, 0.6) is 0 Å². The molecule has 0 fully saturated rings. The van der Waals surface area contributed by atoms with Crippen LogP contribution in [0.3, 0.4) is 0 Å². The SMILES string of the molecule is C[C@@H](CNC(=O)N(C)C)N(Cc1ccccc1)C(=O)N(C)C. The summed E-state index contributed by atoms with van der Waals surface area (Å²) in [7, 11) is 6.83. The minimum absolute atomic E-state index is 0.0737. The summed E-state index contributed by atoms with van der Waals surface area (Å²) in [6, 6.07) is 9.47. The molecule has 0 saturated carbocycles. The number of urea groups is 2. The van der Waals surface area contributed by atoms with E-state index in [0.29, 0.717) is 13.1 Å². The van der Waals surface area contributed by atoms with E-state index in [9.17, 15) is 9.59 Å². The van der Waals surface area contributed by atoms with Gasteiger partial charge in [-0.2, -0.15) is 0 Å². The molecule has 0 bridgehead atoms. The van der Waals surface area contributed by atoms with Crippen LogP contribution in [0.4, 0.5) is 9.59 Å². The van der Waals surface area contributed by atoms with Crippen molar-refractivity contribution in [2.24, 2.45) is 0 Å². The maximum Gasteiger partial charge on any atom is 0.320 e. The third kappa shape index (κ3) is 5.27. The van der Waals surface area contributed by atoms with Crippen LogP contribution in [0.1, 0.15) is 12.5 Å². The van der Waals surface area contributed by atoms with Gasteiger partial charge in [0.05, 0.1) is 0 Å². The standard InChI is InChI=1S/C16H26N4O2/c1-13(11-17-15(21)18(2)3)20(16(22)19(4)5)12-14-9-7-6-8-10-14/h6-10,13H,11-12H2,1-5H3,(H,17,21)/t13-/m0/s1. The zero-order valence-corrected chi connectivity index (χ0v) is 14.0. The number of rotatable bonds is 5. The van der Waals surface area contributed by atoms with E-state index in [1.165, 1.54) is 4.90 Å². The quantitative estimate of drug-likeness (QED) is 0.902. The molecule has 0 heterocycles. The molecule has 1 aromatic carbocycles. The smallest absolute Gasteiger partial charge is 0.320 e. The molecule has 0 unspecified atom stereocenters. The van der Waals surface area contributed by atoms with E-state index in [-0.39, 0.29) is 18.1 Å². The lowest BCUT2D eigenvalue weighted by molar-refractivity contribution is 0.147. The molecule has 1 rings (SSSR count). The summed E-state index contributed by atoms with van der Waals surface area (Å²) in [5, 5.41) is 2.82. The number of hydrogen-bond acceptors (Lipinski definition) is 2. The lowest BCUT2D eigenvalue weighted by Crippen LogP contribution is -2.49. The van der Waals surface area contributed by atoms with Crippen molar-refractivity contribution in [1.82, 2.24) is 20.0 Å². The van der Waals surface area contributed by atoms with E-state index in [4.69, 9.17) is 0 Å². The Morgan fingerprint density at radius 3 is 2.14 bits per heavy atom. The van der Waals surface area contributed by atoms with Crippen LogP contribution in [0.2, 0.25) is 0 Å². The van der Waals surface area contributed by atoms with Crippen LogP contribution in [0.15, 0.2) is 30.3 Å². The molecule has 122 valence electrons. The molecule has 6 heteroatoms. The average molecular weight is 306 g/mol. The predicted molar refractivity (Wildman–Crippen MR) is 87.6 cm³/mol. The van der Waals surface area contributed by atoms with E-state index in [1.807, 2.05) is 37.3 Å². The van der Waals surface area contributed by atoms with Gasteiger partial charge in [0.25, 0.3) is 0 Å². The number of carbonyl (C=O) groups excluding carboxylic acids is 2. The fourth-order valence-electron chi connectivity index (χ4n) is 1.95. The van der Waals surface area contributed by atoms with Crippen LogP contribution in [0.25, 0.3) is 0 Å². The number of carbonyl (C=O) groups is 2. The molecule has 1 atom stereocenters. The fraction of sp³-hybridized carbons (Fsp3) is 0.500. The van der Waals surface area contributed by atoms with Gasteiger partial charge in [0, 0.05) is 47.3 Å². The number of nitrogens with zero attached hydrogens (tertiary/aromatic N) is 3. The summed E-state index contributed by atoms with van der Waals surface area (Å²) in [6.07, 6.45) is 0. The van der Waals surface area contributed by atoms with E-state index in [1.54, 1.807) is 38.0 Å². The first kappa shape index (κ1) is 17.8. The van der Waals surface area contributed by atoms with Crippen molar-refractivity contribution in [3.05, 3.63) is 35.9 Å². The number of nitrogens with one attached hydrogen (secondary N) is 1.